The summed E-state index contributed by atoms with van der Waals surface area (Å²) in [5, 5.41) is 2.75. The maximum Gasteiger partial charge on any atom is 0.240 e. The van der Waals surface area contributed by atoms with E-state index in [9.17, 15) is 8.42 Å². The summed E-state index contributed by atoms with van der Waals surface area (Å²) < 4.78 is 26.7. The SMILES string of the molecule is Cc1nc(CNS(=O)(=O)c2ccc(N)c(C)c2)cs1. The summed E-state index contributed by atoms with van der Waals surface area (Å²) in [7, 11) is -3.53. The molecule has 0 unspecified atom stereocenters. The third kappa shape index (κ3) is 3.31. The monoisotopic (exact) mass is 297 g/mol. The summed E-state index contributed by atoms with van der Waals surface area (Å²) >= 11 is 1.49. The van der Waals surface area contributed by atoms with Gasteiger partial charge >= 0.3 is 0 Å². The molecule has 0 fully saturated rings. The third-order valence-electron chi connectivity index (χ3n) is 2.66. The molecule has 0 bridgehead atoms. The molecule has 0 atom stereocenters. The molecule has 0 amide bonds. The lowest BCUT2D eigenvalue weighted by atomic mass is 10.2. The number of thiazole rings is 1. The molecule has 0 aliphatic rings. The van der Waals surface area contributed by atoms with Gasteiger partial charge < -0.3 is 5.73 Å². The minimum atomic E-state index is -3.53. The minimum absolute atomic E-state index is 0.191. The van der Waals surface area contributed by atoms with Gasteiger partial charge in [0.25, 0.3) is 0 Å². The predicted molar refractivity (Wildman–Crippen MR) is 76.5 cm³/mol. The Labute approximate surface area is 116 Å². The van der Waals surface area contributed by atoms with Crippen molar-refractivity contribution in [2.24, 2.45) is 0 Å². The van der Waals surface area contributed by atoms with E-state index in [1.165, 1.54) is 17.4 Å². The number of nitrogens with one attached hydrogen (secondary N) is 1. The molecule has 1 aromatic carbocycles. The van der Waals surface area contributed by atoms with Crippen LogP contribution in [-0.4, -0.2) is 13.4 Å². The van der Waals surface area contributed by atoms with Crippen molar-refractivity contribution in [3.8, 4) is 0 Å². The van der Waals surface area contributed by atoms with Gasteiger partial charge in [0.2, 0.25) is 10.0 Å². The number of rotatable bonds is 4. The van der Waals surface area contributed by atoms with Gasteiger partial charge in [-0.15, -0.1) is 11.3 Å². The number of nitrogens with zero attached hydrogens (tertiary/aromatic N) is 1. The summed E-state index contributed by atoms with van der Waals surface area (Å²) in [5.74, 6) is 0. The van der Waals surface area contributed by atoms with Crippen molar-refractivity contribution in [2.75, 3.05) is 5.73 Å². The maximum absolute atomic E-state index is 12.1. The second-order valence-corrected chi connectivity index (χ2v) is 7.03. The van der Waals surface area contributed by atoms with Crippen molar-refractivity contribution < 1.29 is 8.42 Å². The Morgan fingerprint density at radius 1 is 1.37 bits per heavy atom. The van der Waals surface area contributed by atoms with E-state index in [0.717, 1.165) is 16.3 Å². The fourth-order valence-corrected chi connectivity index (χ4v) is 3.25. The molecule has 2 rings (SSSR count). The highest BCUT2D eigenvalue weighted by Crippen LogP contribution is 2.17. The van der Waals surface area contributed by atoms with Gasteiger partial charge in [0, 0.05) is 11.1 Å². The molecular weight excluding hydrogens is 282 g/mol. The Balaban J connectivity index is 2.16. The van der Waals surface area contributed by atoms with Crippen LogP contribution in [0.15, 0.2) is 28.5 Å². The van der Waals surface area contributed by atoms with Crippen LogP contribution in [0.1, 0.15) is 16.3 Å². The smallest absolute Gasteiger partial charge is 0.240 e. The average molecular weight is 297 g/mol. The van der Waals surface area contributed by atoms with E-state index < -0.39 is 10.0 Å². The van der Waals surface area contributed by atoms with Gasteiger partial charge in [-0.1, -0.05) is 0 Å². The van der Waals surface area contributed by atoms with E-state index in [1.54, 1.807) is 19.1 Å². The number of aromatic nitrogens is 1. The maximum atomic E-state index is 12.1. The largest absolute Gasteiger partial charge is 0.399 e. The molecule has 0 aliphatic heterocycles. The summed E-state index contributed by atoms with van der Waals surface area (Å²) in [5.41, 5.74) is 7.72. The molecule has 0 saturated carbocycles. The van der Waals surface area contributed by atoms with Crippen LogP contribution >= 0.6 is 11.3 Å². The van der Waals surface area contributed by atoms with Crippen LogP contribution in [0.4, 0.5) is 5.69 Å². The fraction of sp³-hybridized carbons (Fsp3) is 0.250. The number of hydrogen-bond donors (Lipinski definition) is 2. The van der Waals surface area contributed by atoms with Gasteiger partial charge in [-0.05, 0) is 37.6 Å². The number of nitrogens with two attached hydrogens (primary N) is 1. The van der Waals surface area contributed by atoms with Crippen LogP contribution in [0.5, 0.6) is 0 Å². The quantitative estimate of drug-likeness (QED) is 0.843. The molecule has 5 nitrogen and oxygen atoms in total. The zero-order valence-corrected chi connectivity index (χ0v) is 12.3. The summed E-state index contributed by atoms with van der Waals surface area (Å²) in [6.07, 6.45) is 0. The van der Waals surface area contributed by atoms with E-state index in [2.05, 4.69) is 9.71 Å². The average Bonchev–Trinajstić information content (AvgIpc) is 2.76. The van der Waals surface area contributed by atoms with Crippen LogP contribution in [0, 0.1) is 13.8 Å². The molecule has 0 radical (unpaired) electrons. The number of benzene rings is 1. The lowest BCUT2D eigenvalue weighted by Gasteiger charge is -2.07. The molecule has 0 saturated heterocycles. The van der Waals surface area contributed by atoms with Crippen LogP contribution in [0.2, 0.25) is 0 Å². The molecule has 0 aliphatic carbocycles. The number of anilines is 1. The Morgan fingerprint density at radius 2 is 2.11 bits per heavy atom. The number of nitrogen functional groups attached to an aromatic ring is 1. The van der Waals surface area contributed by atoms with Crippen LogP contribution in [0.3, 0.4) is 0 Å². The highest BCUT2D eigenvalue weighted by atomic mass is 32.2. The Kier molecular flexibility index (Phi) is 3.88. The molecule has 102 valence electrons. The molecule has 2 aromatic rings. The molecule has 19 heavy (non-hydrogen) atoms. The topological polar surface area (TPSA) is 85.1 Å². The first kappa shape index (κ1) is 14.0. The van der Waals surface area contributed by atoms with E-state index in [0.29, 0.717) is 5.69 Å². The van der Waals surface area contributed by atoms with Gasteiger partial charge in [-0.3, -0.25) is 0 Å². The zero-order valence-electron chi connectivity index (χ0n) is 10.7. The summed E-state index contributed by atoms with van der Waals surface area (Å²) in [4.78, 5) is 4.42. The van der Waals surface area contributed by atoms with E-state index in [4.69, 9.17) is 5.73 Å². The second-order valence-electron chi connectivity index (χ2n) is 4.20. The standard InChI is InChI=1S/C12H15N3O2S2/c1-8-5-11(3-4-12(8)13)19(16,17)14-6-10-7-18-9(2)15-10/h3-5,7,14H,6,13H2,1-2H3. The van der Waals surface area contributed by atoms with Gasteiger partial charge in [0.1, 0.15) is 0 Å². The predicted octanol–water partition coefficient (Wildman–Crippen LogP) is 1.82. The van der Waals surface area contributed by atoms with Crippen molar-refractivity contribution in [2.45, 2.75) is 25.3 Å². The molecule has 0 spiro atoms. The van der Waals surface area contributed by atoms with Crippen LogP contribution in [-0.2, 0) is 16.6 Å². The fourth-order valence-electron chi connectivity index (χ4n) is 1.56. The zero-order chi connectivity index (χ0) is 14.0. The van der Waals surface area contributed by atoms with Crippen molar-refractivity contribution in [1.29, 1.82) is 0 Å². The number of sulfonamides is 1. The number of hydrogen-bond acceptors (Lipinski definition) is 5. The van der Waals surface area contributed by atoms with E-state index >= 15 is 0 Å². The van der Waals surface area contributed by atoms with Crippen LogP contribution in [0.25, 0.3) is 0 Å². The normalized spacial score (nSPS) is 11.7. The van der Waals surface area contributed by atoms with Crippen molar-refractivity contribution in [3.05, 3.63) is 39.8 Å². The molecule has 3 N–H and O–H groups in total. The minimum Gasteiger partial charge on any atom is -0.399 e. The third-order valence-corrected chi connectivity index (χ3v) is 4.88. The summed E-state index contributed by atoms with van der Waals surface area (Å²) in [6.45, 7) is 3.85. The van der Waals surface area contributed by atoms with Gasteiger partial charge in [-0.25, -0.2) is 18.1 Å². The first-order valence-corrected chi connectivity index (χ1v) is 8.01. The highest BCUT2D eigenvalue weighted by Gasteiger charge is 2.15. The first-order valence-electron chi connectivity index (χ1n) is 5.65. The lowest BCUT2D eigenvalue weighted by molar-refractivity contribution is 0.580. The van der Waals surface area contributed by atoms with Crippen molar-refractivity contribution in [3.63, 3.8) is 0 Å². The van der Waals surface area contributed by atoms with Crippen molar-refractivity contribution >= 4 is 27.0 Å². The molecular formula is C12H15N3O2S2. The Morgan fingerprint density at radius 3 is 2.68 bits per heavy atom. The Hall–Kier alpha value is -1.44. The molecule has 7 heteroatoms. The summed E-state index contributed by atoms with van der Waals surface area (Å²) in [6, 6.07) is 4.65. The first-order chi connectivity index (χ1) is 8.88. The van der Waals surface area contributed by atoms with E-state index in [1.807, 2.05) is 12.3 Å². The molecule has 1 aromatic heterocycles. The number of aryl methyl sites for hydroxylation is 2. The van der Waals surface area contributed by atoms with Crippen LogP contribution < -0.4 is 10.5 Å². The Bertz CT molecular complexity index is 693. The lowest BCUT2D eigenvalue weighted by Crippen LogP contribution is -2.23. The van der Waals surface area contributed by atoms with Crippen molar-refractivity contribution in [1.82, 2.24) is 9.71 Å². The highest BCUT2D eigenvalue weighted by molar-refractivity contribution is 7.89. The van der Waals surface area contributed by atoms with Gasteiger partial charge in [0.05, 0.1) is 22.1 Å². The van der Waals surface area contributed by atoms with Gasteiger partial charge in [0.15, 0.2) is 0 Å². The second kappa shape index (κ2) is 5.28. The molecule has 1 heterocycles. The van der Waals surface area contributed by atoms with Gasteiger partial charge in [-0.2, -0.15) is 0 Å². The van der Waals surface area contributed by atoms with E-state index in [-0.39, 0.29) is 11.4 Å².